The molecule has 0 aliphatic heterocycles. The minimum Gasteiger partial charge on any atom is -0.382 e. The van der Waals surface area contributed by atoms with Crippen LogP contribution in [-0.4, -0.2) is 15.2 Å². The van der Waals surface area contributed by atoms with E-state index in [9.17, 15) is 0 Å². The summed E-state index contributed by atoms with van der Waals surface area (Å²) >= 11 is 6.40. The van der Waals surface area contributed by atoms with Crippen molar-refractivity contribution in [3.05, 3.63) is 53.3 Å². The SMILES string of the molecule is Cc1cccc(-c2[nH]nc(N)c2-c2ccncc2)c1Cl. The molecule has 0 unspecified atom stereocenters. The predicted molar refractivity (Wildman–Crippen MR) is 81.4 cm³/mol. The van der Waals surface area contributed by atoms with Crippen LogP contribution in [0.1, 0.15) is 5.56 Å². The van der Waals surface area contributed by atoms with E-state index in [-0.39, 0.29) is 0 Å². The lowest BCUT2D eigenvalue weighted by Gasteiger charge is -2.08. The molecule has 5 heteroatoms. The number of rotatable bonds is 2. The number of hydrogen-bond acceptors (Lipinski definition) is 3. The van der Waals surface area contributed by atoms with Gasteiger partial charge in [-0.3, -0.25) is 10.1 Å². The average molecular weight is 285 g/mol. The highest BCUT2D eigenvalue weighted by molar-refractivity contribution is 6.34. The van der Waals surface area contributed by atoms with Crippen LogP contribution in [0.2, 0.25) is 5.02 Å². The van der Waals surface area contributed by atoms with E-state index < -0.39 is 0 Å². The summed E-state index contributed by atoms with van der Waals surface area (Å²) in [6.45, 7) is 1.97. The van der Waals surface area contributed by atoms with Crippen LogP contribution in [0.4, 0.5) is 5.82 Å². The smallest absolute Gasteiger partial charge is 0.153 e. The van der Waals surface area contributed by atoms with Gasteiger partial charge in [-0.1, -0.05) is 29.8 Å². The molecule has 0 atom stereocenters. The zero-order valence-corrected chi connectivity index (χ0v) is 11.6. The maximum absolute atomic E-state index is 6.40. The Balaban J connectivity index is 2.24. The summed E-state index contributed by atoms with van der Waals surface area (Å²) in [4.78, 5) is 4.02. The molecule has 3 aromatic rings. The Morgan fingerprint density at radius 3 is 2.65 bits per heavy atom. The molecule has 0 saturated carbocycles. The molecule has 2 heterocycles. The summed E-state index contributed by atoms with van der Waals surface area (Å²) in [6, 6.07) is 9.68. The number of nitrogens with zero attached hydrogens (tertiary/aromatic N) is 2. The van der Waals surface area contributed by atoms with Gasteiger partial charge in [0.15, 0.2) is 5.82 Å². The molecule has 1 aromatic carbocycles. The number of nitrogens with one attached hydrogen (secondary N) is 1. The Morgan fingerprint density at radius 1 is 1.15 bits per heavy atom. The van der Waals surface area contributed by atoms with E-state index in [1.807, 2.05) is 37.3 Å². The molecule has 4 nitrogen and oxygen atoms in total. The Hall–Kier alpha value is -2.33. The van der Waals surface area contributed by atoms with E-state index in [4.69, 9.17) is 17.3 Å². The van der Waals surface area contributed by atoms with E-state index in [0.717, 1.165) is 27.9 Å². The first-order valence-electron chi connectivity index (χ1n) is 6.18. The van der Waals surface area contributed by atoms with Gasteiger partial charge in [-0.05, 0) is 30.2 Å². The van der Waals surface area contributed by atoms with Crippen LogP contribution >= 0.6 is 11.6 Å². The number of aromatic nitrogens is 3. The summed E-state index contributed by atoms with van der Waals surface area (Å²) in [7, 11) is 0. The van der Waals surface area contributed by atoms with Crippen molar-refractivity contribution in [2.75, 3.05) is 5.73 Å². The van der Waals surface area contributed by atoms with Crippen molar-refractivity contribution in [1.29, 1.82) is 0 Å². The number of pyridine rings is 1. The molecule has 0 radical (unpaired) electrons. The van der Waals surface area contributed by atoms with Crippen molar-refractivity contribution < 1.29 is 0 Å². The number of nitrogens with two attached hydrogens (primary N) is 1. The molecule has 0 bridgehead atoms. The molecule has 100 valence electrons. The molecule has 3 N–H and O–H groups in total. The number of anilines is 1. The fourth-order valence-corrected chi connectivity index (χ4v) is 2.42. The van der Waals surface area contributed by atoms with Crippen LogP contribution in [0.25, 0.3) is 22.4 Å². The zero-order valence-electron chi connectivity index (χ0n) is 10.9. The van der Waals surface area contributed by atoms with E-state index in [2.05, 4.69) is 15.2 Å². The molecular weight excluding hydrogens is 272 g/mol. The summed E-state index contributed by atoms with van der Waals surface area (Å²) in [5, 5.41) is 7.79. The molecular formula is C15H13ClN4. The van der Waals surface area contributed by atoms with Gasteiger partial charge in [-0.15, -0.1) is 0 Å². The summed E-state index contributed by atoms with van der Waals surface area (Å²) in [6.07, 6.45) is 3.45. The van der Waals surface area contributed by atoms with Crippen LogP contribution in [0.3, 0.4) is 0 Å². The third-order valence-electron chi connectivity index (χ3n) is 3.22. The van der Waals surface area contributed by atoms with Crippen LogP contribution in [-0.2, 0) is 0 Å². The van der Waals surface area contributed by atoms with Crippen molar-refractivity contribution >= 4 is 17.4 Å². The van der Waals surface area contributed by atoms with Gasteiger partial charge in [-0.25, -0.2) is 0 Å². The number of benzene rings is 1. The summed E-state index contributed by atoms with van der Waals surface area (Å²) < 4.78 is 0. The third kappa shape index (κ3) is 2.04. The van der Waals surface area contributed by atoms with E-state index in [0.29, 0.717) is 10.8 Å². The second-order valence-electron chi connectivity index (χ2n) is 4.53. The first kappa shape index (κ1) is 12.7. The third-order valence-corrected chi connectivity index (χ3v) is 3.73. The standard InChI is InChI=1S/C15H13ClN4/c1-9-3-2-4-11(13(9)16)14-12(15(17)20-19-14)10-5-7-18-8-6-10/h2-8H,1H3,(H3,17,19,20). The number of H-pyrrole nitrogens is 1. The number of aromatic amines is 1. The Morgan fingerprint density at radius 2 is 1.90 bits per heavy atom. The van der Waals surface area contributed by atoms with Gasteiger partial charge in [0.05, 0.1) is 16.3 Å². The van der Waals surface area contributed by atoms with E-state index in [1.165, 1.54) is 0 Å². The quantitative estimate of drug-likeness (QED) is 0.754. The highest BCUT2D eigenvalue weighted by Crippen LogP contribution is 2.38. The molecule has 0 saturated heterocycles. The number of nitrogen functional groups attached to an aromatic ring is 1. The van der Waals surface area contributed by atoms with Gasteiger partial charge in [0, 0.05) is 18.0 Å². The van der Waals surface area contributed by atoms with Crippen molar-refractivity contribution in [2.45, 2.75) is 6.92 Å². The minimum absolute atomic E-state index is 0.448. The fraction of sp³-hybridized carbons (Fsp3) is 0.0667. The highest BCUT2D eigenvalue weighted by Gasteiger charge is 2.17. The molecule has 0 aliphatic carbocycles. The monoisotopic (exact) mass is 284 g/mol. The second-order valence-corrected chi connectivity index (χ2v) is 4.91. The summed E-state index contributed by atoms with van der Waals surface area (Å²) in [5.74, 6) is 0.448. The minimum atomic E-state index is 0.448. The van der Waals surface area contributed by atoms with E-state index >= 15 is 0 Å². The number of hydrogen-bond donors (Lipinski definition) is 2. The lowest BCUT2D eigenvalue weighted by atomic mass is 10.0. The Labute approximate surface area is 121 Å². The predicted octanol–water partition coefficient (Wildman–Crippen LogP) is 3.68. The molecule has 2 aromatic heterocycles. The Bertz CT molecular complexity index is 750. The largest absolute Gasteiger partial charge is 0.382 e. The van der Waals surface area contributed by atoms with Gasteiger partial charge in [0.2, 0.25) is 0 Å². The second kappa shape index (κ2) is 4.98. The van der Waals surface area contributed by atoms with Gasteiger partial charge in [-0.2, -0.15) is 5.10 Å². The summed E-state index contributed by atoms with van der Waals surface area (Å²) in [5.41, 5.74) is 10.5. The average Bonchev–Trinajstić information content (AvgIpc) is 2.84. The van der Waals surface area contributed by atoms with Crippen LogP contribution in [0.5, 0.6) is 0 Å². The van der Waals surface area contributed by atoms with Crippen molar-refractivity contribution in [2.24, 2.45) is 0 Å². The Kier molecular flexibility index (Phi) is 3.16. The normalized spacial score (nSPS) is 10.7. The topological polar surface area (TPSA) is 67.6 Å². The van der Waals surface area contributed by atoms with Crippen molar-refractivity contribution in [1.82, 2.24) is 15.2 Å². The van der Waals surface area contributed by atoms with Gasteiger partial charge in [0.1, 0.15) is 0 Å². The van der Waals surface area contributed by atoms with Crippen molar-refractivity contribution in [3.63, 3.8) is 0 Å². The van der Waals surface area contributed by atoms with Crippen LogP contribution < -0.4 is 5.73 Å². The fourth-order valence-electron chi connectivity index (χ4n) is 2.20. The molecule has 3 rings (SSSR count). The maximum atomic E-state index is 6.40. The first-order chi connectivity index (χ1) is 9.68. The van der Waals surface area contributed by atoms with Crippen LogP contribution in [0, 0.1) is 6.92 Å². The maximum Gasteiger partial charge on any atom is 0.153 e. The highest BCUT2D eigenvalue weighted by atomic mass is 35.5. The zero-order chi connectivity index (χ0) is 14.1. The number of aryl methyl sites for hydroxylation is 1. The lowest BCUT2D eigenvalue weighted by molar-refractivity contribution is 1.10. The molecule has 20 heavy (non-hydrogen) atoms. The van der Waals surface area contributed by atoms with Gasteiger partial charge >= 0.3 is 0 Å². The molecule has 0 aliphatic rings. The molecule has 0 fully saturated rings. The number of halogens is 1. The molecule has 0 amide bonds. The lowest BCUT2D eigenvalue weighted by Crippen LogP contribution is -1.90. The first-order valence-corrected chi connectivity index (χ1v) is 6.56. The van der Waals surface area contributed by atoms with Gasteiger partial charge in [0.25, 0.3) is 0 Å². The van der Waals surface area contributed by atoms with E-state index in [1.54, 1.807) is 12.4 Å². The molecule has 0 spiro atoms. The van der Waals surface area contributed by atoms with Crippen molar-refractivity contribution in [3.8, 4) is 22.4 Å². The van der Waals surface area contributed by atoms with Crippen LogP contribution in [0.15, 0.2) is 42.7 Å². The van der Waals surface area contributed by atoms with Gasteiger partial charge < -0.3 is 5.73 Å².